The molecule has 0 bridgehead atoms. The van der Waals surface area contributed by atoms with Crippen LogP contribution in [0.25, 0.3) is 0 Å². The van der Waals surface area contributed by atoms with Gasteiger partial charge in [-0.15, -0.1) is 16.4 Å². The van der Waals surface area contributed by atoms with Crippen molar-refractivity contribution in [1.82, 2.24) is 19.7 Å². The number of thiocarbonyl (C=S) groups is 1. The zero-order valence-corrected chi connectivity index (χ0v) is 22.7. The summed E-state index contributed by atoms with van der Waals surface area (Å²) in [5.74, 6) is -0.459. The van der Waals surface area contributed by atoms with Crippen LogP contribution in [0, 0.1) is 6.92 Å². The summed E-state index contributed by atoms with van der Waals surface area (Å²) in [5, 5.41) is 11.7. The summed E-state index contributed by atoms with van der Waals surface area (Å²) < 4.78 is 6.54. The van der Waals surface area contributed by atoms with Crippen LogP contribution in [0.2, 0.25) is 10.0 Å². The highest BCUT2D eigenvalue weighted by atomic mass is 35.5. The van der Waals surface area contributed by atoms with Crippen LogP contribution in [0.5, 0.6) is 0 Å². The van der Waals surface area contributed by atoms with Crippen molar-refractivity contribution in [2.75, 3.05) is 30.8 Å². The Morgan fingerprint density at radius 2 is 1.91 bits per heavy atom. The molecular weight excluding hydrogens is 531 g/mol. The molecule has 0 aliphatic carbocycles. The van der Waals surface area contributed by atoms with Crippen LogP contribution in [0.1, 0.15) is 45.0 Å². The highest BCUT2D eigenvalue weighted by Gasteiger charge is 2.27. The Kier molecular flexibility index (Phi) is 9.06. The van der Waals surface area contributed by atoms with Gasteiger partial charge < -0.3 is 15.0 Å². The molecule has 0 saturated heterocycles. The standard InChI is InChI=1S/C22H24Cl2N6O3S2/c1-5-29(6-2)19(31)17-12(3)16(20(32)33-4)18(35-17)26-22(34)27-21-25-11-30(28-21)10-13-7-8-14(23)15(24)9-13/h7-9,11H,5-6,10H2,1-4H3,(H2,26,27,28,34). The fourth-order valence-electron chi connectivity index (χ4n) is 3.30. The van der Waals surface area contributed by atoms with Gasteiger partial charge in [-0.3, -0.25) is 10.1 Å². The number of anilines is 2. The first-order valence-corrected chi connectivity index (χ1v) is 12.6. The molecule has 1 aromatic carbocycles. The number of nitrogens with zero attached hydrogens (tertiary/aromatic N) is 4. The number of aromatic nitrogens is 3. The van der Waals surface area contributed by atoms with E-state index in [4.69, 9.17) is 40.2 Å². The number of ether oxygens (including phenoxy) is 1. The second-order valence-electron chi connectivity index (χ2n) is 7.32. The maximum atomic E-state index is 12.9. The van der Waals surface area contributed by atoms with E-state index < -0.39 is 5.97 Å². The van der Waals surface area contributed by atoms with Crippen LogP contribution in [-0.4, -0.2) is 56.9 Å². The predicted octanol–water partition coefficient (Wildman–Crippen LogP) is 5.08. The summed E-state index contributed by atoms with van der Waals surface area (Å²) in [6.07, 6.45) is 1.55. The number of rotatable bonds is 8. The van der Waals surface area contributed by atoms with Crippen molar-refractivity contribution in [1.29, 1.82) is 0 Å². The average molecular weight is 556 g/mol. The number of carbonyl (C=O) groups is 2. The predicted molar refractivity (Wildman–Crippen MR) is 143 cm³/mol. The van der Waals surface area contributed by atoms with Crippen molar-refractivity contribution < 1.29 is 14.3 Å². The smallest absolute Gasteiger partial charge is 0.341 e. The molecule has 0 radical (unpaired) electrons. The summed E-state index contributed by atoms with van der Waals surface area (Å²) in [4.78, 5) is 31.8. The fourth-order valence-corrected chi connectivity index (χ4v) is 5.04. The Hall–Kier alpha value is -2.73. The molecule has 2 aromatic heterocycles. The van der Waals surface area contributed by atoms with Crippen LogP contribution >= 0.6 is 46.8 Å². The van der Waals surface area contributed by atoms with Gasteiger partial charge in [-0.05, 0) is 56.2 Å². The largest absolute Gasteiger partial charge is 0.465 e. The lowest BCUT2D eigenvalue weighted by atomic mass is 10.1. The zero-order valence-electron chi connectivity index (χ0n) is 19.5. The number of amides is 1. The highest BCUT2D eigenvalue weighted by molar-refractivity contribution is 7.80. The number of thiophene rings is 1. The normalized spacial score (nSPS) is 10.7. The Morgan fingerprint density at radius 1 is 1.20 bits per heavy atom. The molecular formula is C22H24Cl2N6O3S2. The van der Waals surface area contributed by atoms with Gasteiger partial charge in [0.25, 0.3) is 5.91 Å². The Labute approximate surface area is 222 Å². The fraction of sp³-hybridized carbons (Fsp3) is 0.318. The van der Waals surface area contributed by atoms with E-state index in [1.165, 1.54) is 7.11 Å². The molecule has 0 saturated carbocycles. The molecule has 0 unspecified atom stereocenters. The quantitative estimate of drug-likeness (QED) is 0.293. The van der Waals surface area contributed by atoms with E-state index in [-0.39, 0.29) is 22.5 Å². The number of benzene rings is 1. The van der Waals surface area contributed by atoms with Gasteiger partial charge in [0.1, 0.15) is 11.3 Å². The molecule has 13 heteroatoms. The van der Waals surface area contributed by atoms with Gasteiger partial charge in [0.15, 0.2) is 5.11 Å². The van der Waals surface area contributed by atoms with Crippen molar-refractivity contribution in [3.8, 4) is 0 Å². The minimum atomic E-state index is -0.563. The third-order valence-electron chi connectivity index (χ3n) is 5.10. The van der Waals surface area contributed by atoms with Crippen LogP contribution in [0.3, 0.4) is 0 Å². The Bertz CT molecular complexity index is 1260. The van der Waals surface area contributed by atoms with E-state index in [2.05, 4.69) is 20.7 Å². The van der Waals surface area contributed by atoms with Gasteiger partial charge in [-0.2, -0.15) is 0 Å². The van der Waals surface area contributed by atoms with Crippen molar-refractivity contribution in [2.24, 2.45) is 0 Å². The van der Waals surface area contributed by atoms with Gasteiger partial charge in [0.05, 0.1) is 34.1 Å². The van der Waals surface area contributed by atoms with Crippen LogP contribution in [0.4, 0.5) is 10.9 Å². The van der Waals surface area contributed by atoms with Gasteiger partial charge in [-0.25, -0.2) is 14.5 Å². The first kappa shape index (κ1) is 26.9. The Balaban J connectivity index is 1.76. The third kappa shape index (κ3) is 6.29. The SMILES string of the molecule is CCN(CC)C(=O)c1sc(NC(=S)Nc2ncn(Cc3ccc(Cl)c(Cl)c3)n2)c(C(=O)OC)c1C. The van der Waals surface area contributed by atoms with E-state index in [1.807, 2.05) is 19.9 Å². The number of esters is 1. The molecule has 3 rings (SSSR count). The molecule has 0 atom stereocenters. The van der Waals surface area contributed by atoms with E-state index in [0.717, 1.165) is 16.9 Å². The molecule has 2 heterocycles. The summed E-state index contributed by atoms with van der Waals surface area (Å²) >= 11 is 18.6. The molecule has 3 aromatic rings. The minimum absolute atomic E-state index is 0.155. The summed E-state index contributed by atoms with van der Waals surface area (Å²) in [6.45, 7) is 7.06. The first-order chi connectivity index (χ1) is 16.7. The third-order valence-corrected chi connectivity index (χ3v) is 7.24. The van der Waals surface area contributed by atoms with Crippen LogP contribution < -0.4 is 10.6 Å². The molecule has 9 nitrogen and oxygen atoms in total. The van der Waals surface area contributed by atoms with Gasteiger partial charge in [-0.1, -0.05) is 29.3 Å². The summed E-state index contributed by atoms with van der Waals surface area (Å²) in [7, 11) is 1.29. The number of nitrogens with one attached hydrogen (secondary N) is 2. The van der Waals surface area contributed by atoms with E-state index in [9.17, 15) is 9.59 Å². The molecule has 1 amide bonds. The molecule has 2 N–H and O–H groups in total. The first-order valence-electron chi connectivity index (χ1n) is 10.6. The lowest BCUT2D eigenvalue weighted by Crippen LogP contribution is -2.30. The molecule has 35 heavy (non-hydrogen) atoms. The molecule has 0 fully saturated rings. The maximum absolute atomic E-state index is 12.9. The maximum Gasteiger partial charge on any atom is 0.341 e. The molecule has 0 spiro atoms. The van der Waals surface area contributed by atoms with Gasteiger partial charge in [0, 0.05) is 13.1 Å². The molecule has 0 aliphatic rings. The van der Waals surface area contributed by atoms with Crippen LogP contribution in [-0.2, 0) is 11.3 Å². The average Bonchev–Trinajstić information content (AvgIpc) is 3.39. The second-order valence-corrected chi connectivity index (χ2v) is 9.57. The van der Waals surface area contributed by atoms with Crippen molar-refractivity contribution in [3.05, 3.63) is 56.1 Å². The van der Waals surface area contributed by atoms with E-state index >= 15 is 0 Å². The monoisotopic (exact) mass is 554 g/mol. The highest BCUT2D eigenvalue weighted by Crippen LogP contribution is 2.34. The van der Waals surface area contributed by atoms with E-state index in [0.29, 0.717) is 45.1 Å². The number of carbonyl (C=O) groups excluding carboxylic acids is 2. The zero-order chi connectivity index (χ0) is 25.7. The number of hydrogen-bond acceptors (Lipinski definition) is 7. The molecule has 186 valence electrons. The topological polar surface area (TPSA) is 101 Å². The lowest BCUT2D eigenvalue weighted by Gasteiger charge is -2.17. The van der Waals surface area contributed by atoms with E-state index in [1.54, 1.807) is 35.0 Å². The summed E-state index contributed by atoms with van der Waals surface area (Å²) in [6, 6.07) is 5.32. The second kappa shape index (κ2) is 11.8. The van der Waals surface area contributed by atoms with Crippen molar-refractivity contribution in [3.63, 3.8) is 0 Å². The number of hydrogen-bond donors (Lipinski definition) is 2. The lowest BCUT2D eigenvalue weighted by molar-refractivity contribution is 0.0601. The number of halogens is 2. The van der Waals surface area contributed by atoms with Gasteiger partial charge in [0.2, 0.25) is 5.95 Å². The molecule has 0 aliphatic heterocycles. The summed E-state index contributed by atoms with van der Waals surface area (Å²) in [5.41, 5.74) is 1.70. The van der Waals surface area contributed by atoms with Crippen LogP contribution in [0.15, 0.2) is 24.5 Å². The number of methoxy groups -OCH3 is 1. The van der Waals surface area contributed by atoms with Crippen molar-refractivity contribution >= 4 is 74.7 Å². The van der Waals surface area contributed by atoms with Gasteiger partial charge >= 0.3 is 5.97 Å². The minimum Gasteiger partial charge on any atom is -0.465 e. The van der Waals surface area contributed by atoms with Crippen molar-refractivity contribution in [2.45, 2.75) is 27.3 Å². The Morgan fingerprint density at radius 3 is 2.54 bits per heavy atom.